The molecule has 0 aliphatic carbocycles. The number of carboxylic acids is 1. The molecule has 0 bridgehead atoms. The van der Waals surface area contributed by atoms with Gasteiger partial charge in [0.25, 0.3) is 0 Å². The van der Waals surface area contributed by atoms with Crippen molar-refractivity contribution in [3.05, 3.63) is 17.7 Å². The van der Waals surface area contributed by atoms with Gasteiger partial charge in [-0.1, -0.05) is 0 Å². The number of aromatic hydroxyl groups is 1. The zero-order chi connectivity index (χ0) is 13.0. The number of hydrogen-bond donors (Lipinski definition) is 3. The molecule has 0 radical (unpaired) electrons. The van der Waals surface area contributed by atoms with Gasteiger partial charge in [0.15, 0.2) is 11.5 Å². The largest absolute Gasteiger partial charge is 0.502 e. The molecule has 0 spiro atoms. The van der Waals surface area contributed by atoms with Gasteiger partial charge in [-0.25, -0.2) is 0 Å². The molecule has 0 amide bonds. The van der Waals surface area contributed by atoms with Gasteiger partial charge in [-0.3, -0.25) is 4.79 Å². The first-order chi connectivity index (χ1) is 8.04. The average molecular weight is 241 g/mol. The first-order valence-corrected chi connectivity index (χ1v) is 4.92. The molecule has 4 N–H and O–H groups in total. The van der Waals surface area contributed by atoms with Gasteiger partial charge in [0.2, 0.25) is 5.75 Å². The predicted octanol–water partition coefficient (Wildman–Crippen LogP) is 0.536. The molecule has 0 saturated carbocycles. The Balaban J connectivity index is 3.29. The molecule has 1 atom stereocenters. The van der Waals surface area contributed by atoms with E-state index in [4.69, 9.17) is 20.3 Å². The standard InChI is InChI=1S/C11H15NO5/c1-16-8-3-6(7(5-12)11(14)15)4-9(17-2)10(8)13/h3-4,7,13H,5,12H2,1-2H3,(H,14,15). The fourth-order valence-corrected chi connectivity index (χ4v) is 1.49. The molecule has 0 saturated heterocycles. The number of methoxy groups -OCH3 is 2. The average Bonchev–Trinajstić information content (AvgIpc) is 2.31. The van der Waals surface area contributed by atoms with E-state index < -0.39 is 11.9 Å². The van der Waals surface area contributed by atoms with Crippen LogP contribution in [0.2, 0.25) is 0 Å². The van der Waals surface area contributed by atoms with Crippen LogP contribution in [0.1, 0.15) is 11.5 Å². The molecule has 0 aliphatic rings. The highest BCUT2D eigenvalue weighted by molar-refractivity contribution is 5.77. The third-order valence-corrected chi connectivity index (χ3v) is 2.44. The summed E-state index contributed by atoms with van der Waals surface area (Å²) in [5, 5.41) is 18.7. The molecule has 1 aromatic rings. The Morgan fingerprint density at radius 2 is 1.82 bits per heavy atom. The fraction of sp³-hybridized carbons (Fsp3) is 0.364. The Bertz CT molecular complexity index is 393. The van der Waals surface area contributed by atoms with Crippen molar-refractivity contribution >= 4 is 5.97 Å². The molecule has 0 aromatic heterocycles. The molecule has 0 heterocycles. The minimum Gasteiger partial charge on any atom is -0.502 e. The van der Waals surface area contributed by atoms with Crippen molar-refractivity contribution in [3.63, 3.8) is 0 Å². The number of phenolic OH excluding ortho intramolecular Hbond substituents is 1. The van der Waals surface area contributed by atoms with Crippen LogP contribution in [-0.2, 0) is 4.79 Å². The summed E-state index contributed by atoms with van der Waals surface area (Å²) in [6.07, 6.45) is 0. The van der Waals surface area contributed by atoms with Crippen LogP contribution in [0.15, 0.2) is 12.1 Å². The van der Waals surface area contributed by atoms with E-state index in [0.29, 0.717) is 5.56 Å². The van der Waals surface area contributed by atoms with Crippen molar-refractivity contribution in [2.75, 3.05) is 20.8 Å². The van der Waals surface area contributed by atoms with E-state index in [9.17, 15) is 9.90 Å². The summed E-state index contributed by atoms with van der Waals surface area (Å²) in [4.78, 5) is 11.0. The van der Waals surface area contributed by atoms with Crippen molar-refractivity contribution in [1.82, 2.24) is 0 Å². The topological polar surface area (TPSA) is 102 Å². The number of rotatable bonds is 5. The predicted molar refractivity (Wildman–Crippen MR) is 60.6 cm³/mol. The lowest BCUT2D eigenvalue weighted by Crippen LogP contribution is -2.21. The number of aliphatic carboxylic acids is 1. The Labute approximate surface area is 98.6 Å². The van der Waals surface area contributed by atoms with Crippen LogP contribution >= 0.6 is 0 Å². The highest BCUT2D eigenvalue weighted by Crippen LogP contribution is 2.38. The van der Waals surface area contributed by atoms with Gasteiger partial charge in [0, 0.05) is 6.54 Å². The van der Waals surface area contributed by atoms with E-state index in [1.165, 1.54) is 26.4 Å². The maximum absolute atomic E-state index is 11.0. The van der Waals surface area contributed by atoms with E-state index in [1.807, 2.05) is 0 Å². The first-order valence-electron chi connectivity index (χ1n) is 4.92. The van der Waals surface area contributed by atoms with Crippen LogP contribution in [0, 0.1) is 0 Å². The summed E-state index contributed by atoms with van der Waals surface area (Å²) < 4.78 is 9.88. The maximum atomic E-state index is 11.0. The Morgan fingerprint density at radius 3 is 2.12 bits per heavy atom. The van der Waals surface area contributed by atoms with Gasteiger partial charge in [-0.05, 0) is 17.7 Å². The third-order valence-electron chi connectivity index (χ3n) is 2.44. The van der Waals surface area contributed by atoms with Crippen LogP contribution in [-0.4, -0.2) is 36.9 Å². The van der Waals surface area contributed by atoms with Gasteiger partial charge in [0.05, 0.1) is 20.1 Å². The molecule has 17 heavy (non-hydrogen) atoms. The lowest BCUT2D eigenvalue weighted by Gasteiger charge is -2.14. The van der Waals surface area contributed by atoms with Crippen molar-refractivity contribution in [2.45, 2.75) is 5.92 Å². The number of hydrogen-bond acceptors (Lipinski definition) is 5. The SMILES string of the molecule is COc1cc(C(CN)C(=O)O)cc(OC)c1O. The monoisotopic (exact) mass is 241 g/mol. The summed E-state index contributed by atoms with van der Waals surface area (Å²) in [7, 11) is 2.74. The van der Waals surface area contributed by atoms with E-state index in [0.717, 1.165) is 0 Å². The summed E-state index contributed by atoms with van der Waals surface area (Å²) in [5.41, 5.74) is 5.82. The highest BCUT2D eigenvalue weighted by atomic mass is 16.5. The molecule has 1 rings (SSSR count). The number of ether oxygens (including phenoxy) is 2. The summed E-state index contributed by atoms with van der Waals surface area (Å²) in [5.74, 6) is -1.77. The number of nitrogens with two attached hydrogens (primary N) is 1. The summed E-state index contributed by atoms with van der Waals surface area (Å²) in [6, 6.07) is 2.87. The van der Waals surface area contributed by atoms with Gasteiger partial charge in [0.1, 0.15) is 0 Å². The number of carboxylic acid groups (broad SMARTS) is 1. The maximum Gasteiger partial charge on any atom is 0.312 e. The Morgan fingerprint density at radius 1 is 1.35 bits per heavy atom. The van der Waals surface area contributed by atoms with Crippen LogP contribution in [0.25, 0.3) is 0 Å². The van der Waals surface area contributed by atoms with Gasteiger partial charge in [-0.2, -0.15) is 0 Å². The quantitative estimate of drug-likeness (QED) is 0.695. The number of benzene rings is 1. The van der Waals surface area contributed by atoms with Gasteiger partial charge in [-0.15, -0.1) is 0 Å². The Kier molecular flexibility index (Phi) is 4.17. The lowest BCUT2D eigenvalue weighted by molar-refractivity contribution is -0.138. The highest BCUT2D eigenvalue weighted by Gasteiger charge is 2.22. The lowest BCUT2D eigenvalue weighted by atomic mass is 9.98. The van der Waals surface area contributed by atoms with Crippen molar-refractivity contribution in [1.29, 1.82) is 0 Å². The van der Waals surface area contributed by atoms with Crippen molar-refractivity contribution in [3.8, 4) is 17.2 Å². The molecule has 0 fully saturated rings. The number of phenols is 1. The Hall–Kier alpha value is -1.95. The van der Waals surface area contributed by atoms with Crippen LogP contribution in [0.5, 0.6) is 17.2 Å². The van der Waals surface area contributed by atoms with Crippen LogP contribution in [0.3, 0.4) is 0 Å². The minimum absolute atomic E-state index is 0.0492. The second-order valence-corrected chi connectivity index (χ2v) is 3.40. The van der Waals surface area contributed by atoms with Gasteiger partial charge >= 0.3 is 5.97 Å². The van der Waals surface area contributed by atoms with Crippen molar-refractivity contribution < 1.29 is 24.5 Å². The third kappa shape index (κ3) is 2.59. The number of carbonyl (C=O) groups is 1. The van der Waals surface area contributed by atoms with Crippen LogP contribution < -0.4 is 15.2 Å². The van der Waals surface area contributed by atoms with E-state index >= 15 is 0 Å². The first kappa shape index (κ1) is 13.1. The molecular weight excluding hydrogens is 226 g/mol. The molecule has 94 valence electrons. The molecule has 0 aliphatic heterocycles. The van der Waals surface area contributed by atoms with E-state index in [2.05, 4.69) is 0 Å². The molecular formula is C11H15NO5. The molecule has 1 unspecified atom stereocenters. The molecule has 6 heteroatoms. The smallest absolute Gasteiger partial charge is 0.312 e. The minimum atomic E-state index is -1.04. The second kappa shape index (κ2) is 5.40. The van der Waals surface area contributed by atoms with Crippen LogP contribution in [0.4, 0.5) is 0 Å². The van der Waals surface area contributed by atoms with E-state index in [-0.39, 0.29) is 23.8 Å². The second-order valence-electron chi connectivity index (χ2n) is 3.40. The zero-order valence-corrected chi connectivity index (χ0v) is 9.64. The normalized spacial score (nSPS) is 11.9. The van der Waals surface area contributed by atoms with Gasteiger partial charge < -0.3 is 25.4 Å². The molecule has 6 nitrogen and oxygen atoms in total. The van der Waals surface area contributed by atoms with Crippen molar-refractivity contribution in [2.24, 2.45) is 5.73 Å². The molecule has 1 aromatic carbocycles. The summed E-state index contributed by atoms with van der Waals surface area (Å²) >= 11 is 0. The fourth-order valence-electron chi connectivity index (χ4n) is 1.49. The zero-order valence-electron chi connectivity index (χ0n) is 9.64. The summed E-state index contributed by atoms with van der Waals surface area (Å²) in [6.45, 7) is -0.0492. The van der Waals surface area contributed by atoms with E-state index in [1.54, 1.807) is 0 Å².